The van der Waals surface area contributed by atoms with Gasteiger partial charge in [0.15, 0.2) is 0 Å². The predicted molar refractivity (Wildman–Crippen MR) is 75.8 cm³/mol. The topological polar surface area (TPSA) is 34.1 Å². The van der Waals surface area contributed by atoms with Gasteiger partial charge in [-0.1, -0.05) is 26.8 Å². The summed E-state index contributed by atoms with van der Waals surface area (Å²) < 4.78 is 5.82. The second-order valence-electron chi connectivity index (χ2n) is 5.74. The number of hydrogen-bond donors (Lipinski definition) is 1. The maximum absolute atomic E-state index is 5.82. The summed E-state index contributed by atoms with van der Waals surface area (Å²) in [6.07, 6.45) is 2.85. The number of nitrogens with one attached hydrogen (secondary N) is 1. The molecule has 0 radical (unpaired) electrons. The van der Waals surface area contributed by atoms with Crippen molar-refractivity contribution in [3.05, 3.63) is 23.9 Å². The van der Waals surface area contributed by atoms with Crippen LogP contribution in [0.1, 0.15) is 46.6 Å². The zero-order valence-electron chi connectivity index (χ0n) is 12.3. The van der Waals surface area contributed by atoms with Crippen molar-refractivity contribution in [2.24, 2.45) is 5.92 Å². The molecule has 0 atom stereocenters. The van der Waals surface area contributed by atoms with Gasteiger partial charge in [-0.2, -0.15) is 0 Å². The molecule has 18 heavy (non-hydrogen) atoms. The molecule has 3 nitrogen and oxygen atoms in total. The Labute approximate surface area is 111 Å². The van der Waals surface area contributed by atoms with E-state index in [9.17, 15) is 0 Å². The van der Waals surface area contributed by atoms with E-state index in [4.69, 9.17) is 4.74 Å². The molecule has 102 valence electrons. The van der Waals surface area contributed by atoms with Crippen molar-refractivity contribution in [2.45, 2.75) is 53.2 Å². The van der Waals surface area contributed by atoms with Gasteiger partial charge in [0.05, 0.1) is 0 Å². The Morgan fingerprint density at radius 2 is 2.06 bits per heavy atom. The largest absolute Gasteiger partial charge is 0.472 e. The molecule has 0 fully saturated rings. The van der Waals surface area contributed by atoms with Crippen LogP contribution in [0.2, 0.25) is 0 Å². The number of nitrogens with zero attached hydrogens (tertiary/aromatic N) is 1. The Balaban J connectivity index is 2.47. The minimum atomic E-state index is -0.148. The van der Waals surface area contributed by atoms with Gasteiger partial charge in [0.1, 0.15) is 5.60 Å². The van der Waals surface area contributed by atoms with Crippen molar-refractivity contribution in [3.63, 3.8) is 0 Å². The van der Waals surface area contributed by atoms with Crippen molar-refractivity contribution >= 4 is 0 Å². The highest BCUT2D eigenvalue weighted by Gasteiger charge is 2.17. The smallest absolute Gasteiger partial charge is 0.213 e. The second kappa shape index (κ2) is 6.74. The Kier molecular flexibility index (Phi) is 5.60. The fourth-order valence-electron chi connectivity index (χ4n) is 1.44. The molecule has 1 aromatic rings. The van der Waals surface area contributed by atoms with E-state index in [1.165, 1.54) is 5.56 Å². The summed E-state index contributed by atoms with van der Waals surface area (Å²) in [5.74, 6) is 1.38. The van der Waals surface area contributed by atoms with Crippen molar-refractivity contribution in [1.29, 1.82) is 0 Å². The number of pyridine rings is 1. The van der Waals surface area contributed by atoms with E-state index in [0.717, 1.165) is 19.5 Å². The van der Waals surface area contributed by atoms with E-state index in [0.29, 0.717) is 11.8 Å². The first-order valence-electron chi connectivity index (χ1n) is 6.77. The highest BCUT2D eigenvalue weighted by molar-refractivity contribution is 5.18. The summed E-state index contributed by atoms with van der Waals surface area (Å²) in [5.41, 5.74) is 1.04. The lowest BCUT2D eigenvalue weighted by Gasteiger charge is -2.23. The van der Waals surface area contributed by atoms with E-state index >= 15 is 0 Å². The summed E-state index contributed by atoms with van der Waals surface area (Å²) >= 11 is 0. The first-order chi connectivity index (χ1) is 8.43. The van der Waals surface area contributed by atoms with Crippen LogP contribution in [0.25, 0.3) is 0 Å². The fourth-order valence-corrected chi connectivity index (χ4v) is 1.44. The van der Waals surface area contributed by atoms with Crippen LogP contribution in [0, 0.1) is 5.92 Å². The van der Waals surface area contributed by atoms with Crippen molar-refractivity contribution < 1.29 is 4.74 Å². The average molecular weight is 250 g/mol. The summed E-state index contributed by atoms with van der Waals surface area (Å²) in [7, 11) is 0. The number of ether oxygens (including phenoxy) is 1. The SMILES string of the molecule is CCC(C)(C)Oc1ccc(CNCC(C)C)cn1. The minimum Gasteiger partial charge on any atom is -0.472 e. The highest BCUT2D eigenvalue weighted by atomic mass is 16.5. The van der Waals surface area contributed by atoms with E-state index in [-0.39, 0.29) is 5.60 Å². The van der Waals surface area contributed by atoms with Gasteiger partial charge in [0.2, 0.25) is 5.88 Å². The zero-order chi connectivity index (χ0) is 13.6. The van der Waals surface area contributed by atoms with Crippen LogP contribution in [-0.4, -0.2) is 17.1 Å². The summed E-state index contributed by atoms with van der Waals surface area (Å²) in [5, 5.41) is 3.40. The van der Waals surface area contributed by atoms with Crippen LogP contribution in [-0.2, 0) is 6.54 Å². The lowest BCUT2D eigenvalue weighted by molar-refractivity contribution is 0.0990. The molecule has 0 aliphatic heterocycles. The molecule has 1 N–H and O–H groups in total. The van der Waals surface area contributed by atoms with Gasteiger partial charge in [0, 0.05) is 18.8 Å². The average Bonchev–Trinajstić information content (AvgIpc) is 2.31. The molecule has 0 aliphatic rings. The van der Waals surface area contributed by atoms with Crippen LogP contribution in [0.3, 0.4) is 0 Å². The lowest BCUT2D eigenvalue weighted by atomic mass is 10.1. The standard InChI is InChI=1S/C15H26N2O/c1-6-15(4,5)18-14-8-7-13(11-17-14)10-16-9-12(2)3/h7-8,11-12,16H,6,9-10H2,1-5H3. The number of aromatic nitrogens is 1. The summed E-state index contributed by atoms with van der Waals surface area (Å²) in [6, 6.07) is 4.02. The third kappa shape index (κ3) is 5.50. The Morgan fingerprint density at radius 3 is 2.56 bits per heavy atom. The molecule has 1 rings (SSSR count). The van der Waals surface area contributed by atoms with E-state index in [1.807, 2.05) is 12.3 Å². The first kappa shape index (κ1) is 15.0. The van der Waals surface area contributed by atoms with Gasteiger partial charge >= 0.3 is 0 Å². The minimum absolute atomic E-state index is 0.148. The van der Waals surface area contributed by atoms with Crippen LogP contribution in [0.15, 0.2) is 18.3 Å². The maximum Gasteiger partial charge on any atom is 0.213 e. The van der Waals surface area contributed by atoms with E-state index in [2.05, 4.69) is 51.0 Å². The molecular formula is C15H26N2O. The maximum atomic E-state index is 5.82. The fraction of sp³-hybridized carbons (Fsp3) is 0.667. The number of hydrogen-bond acceptors (Lipinski definition) is 3. The van der Waals surface area contributed by atoms with Gasteiger partial charge in [-0.25, -0.2) is 4.98 Å². The van der Waals surface area contributed by atoms with Crippen LogP contribution < -0.4 is 10.1 Å². The molecule has 1 aromatic heterocycles. The molecule has 0 unspecified atom stereocenters. The van der Waals surface area contributed by atoms with Crippen molar-refractivity contribution in [1.82, 2.24) is 10.3 Å². The summed E-state index contributed by atoms with van der Waals surface area (Å²) in [6.45, 7) is 12.6. The van der Waals surface area contributed by atoms with E-state index in [1.54, 1.807) is 0 Å². The van der Waals surface area contributed by atoms with Gasteiger partial charge in [0.25, 0.3) is 0 Å². The third-order valence-electron chi connectivity index (χ3n) is 2.91. The van der Waals surface area contributed by atoms with Gasteiger partial charge in [-0.3, -0.25) is 0 Å². The van der Waals surface area contributed by atoms with Gasteiger partial charge in [-0.05, 0) is 38.3 Å². The monoisotopic (exact) mass is 250 g/mol. The molecule has 3 heteroatoms. The van der Waals surface area contributed by atoms with Crippen molar-refractivity contribution in [2.75, 3.05) is 6.54 Å². The molecule has 0 bridgehead atoms. The highest BCUT2D eigenvalue weighted by Crippen LogP contribution is 2.18. The van der Waals surface area contributed by atoms with E-state index < -0.39 is 0 Å². The molecule has 0 aliphatic carbocycles. The molecule has 0 spiro atoms. The molecule has 1 heterocycles. The van der Waals surface area contributed by atoms with Crippen LogP contribution in [0.4, 0.5) is 0 Å². The number of rotatable bonds is 7. The van der Waals surface area contributed by atoms with Crippen molar-refractivity contribution in [3.8, 4) is 5.88 Å². The lowest BCUT2D eigenvalue weighted by Crippen LogP contribution is -2.27. The summed E-state index contributed by atoms with van der Waals surface area (Å²) in [4.78, 5) is 4.35. The second-order valence-corrected chi connectivity index (χ2v) is 5.74. The first-order valence-corrected chi connectivity index (χ1v) is 6.77. The van der Waals surface area contributed by atoms with Crippen LogP contribution >= 0.6 is 0 Å². The Bertz CT molecular complexity index is 344. The van der Waals surface area contributed by atoms with Gasteiger partial charge in [-0.15, -0.1) is 0 Å². The molecule has 0 saturated heterocycles. The quantitative estimate of drug-likeness (QED) is 0.805. The van der Waals surface area contributed by atoms with Crippen LogP contribution in [0.5, 0.6) is 5.88 Å². The Morgan fingerprint density at radius 1 is 1.33 bits per heavy atom. The zero-order valence-corrected chi connectivity index (χ0v) is 12.3. The molecule has 0 aromatic carbocycles. The molecular weight excluding hydrogens is 224 g/mol. The Hall–Kier alpha value is -1.09. The normalized spacial score (nSPS) is 11.9. The third-order valence-corrected chi connectivity index (χ3v) is 2.91. The predicted octanol–water partition coefficient (Wildman–Crippen LogP) is 3.39. The molecule has 0 saturated carbocycles. The van der Waals surface area contributed by atoms with Gasteiger partial charge < -0.3 is 10.1 Å². The molecule has 0 amide bonds.